The van der Waals surface area contributed by atoms with E-state index in [4.69, 9.17) is 10.5 Å². The van der Waals surface area contributed by atoms with E-state index in [1.165, 1.54) is 6.07 Å². The maximum absolute atomic E-state index is 13.2. The van der Waals surface area contributed by atoms with Crippen LogP contribution < -0.4 is 5.73 Å². The molecule has 0 aromatic heterocycles. The van der Waals surface area contributed by atoms with Crippen molar-refractivity contribution < 1.29 is 13.9 Å². The lowest BCUT2D eigenvalue weighted by atomic mass is 10.1. The van der Waals surface area contributed by atoms with Crippen LogP contribution >= 0.6 is 0 Å². The molecule has 76 valence electrons. The van der Waals surface area contributed by atoms with Crippen LogP contribution in [0.15, 0.2) is 12.1 Å². The fraction of sp³-hybridized carbons (Fsp3) is 0.300. The molecule has 0 unspecified atom stereocenters. The number of rotatable bonds is 2. The summed E-state index contributed by atoms with van der Waals surface area (Å²) in [4.78, 5) is 11.3. The third kappa shape index (κ3) is 1.84. The summed E-state index contributed by atoms with van der Waals surface area (Å²) in [7, 11) is 0. The minimum Gasteiger partial charge on any atom is -0.462 e. The molecule has 0 saturated heterocycles. The highest BCUT2D eigenvalue weighted by Crippen LogP contribution is 2.20. The molecular weight excluding hydrogens is 185 g/mol. The Morgan fingerprint density at radius 1 is 1.57 bits per heavy atom. The van der Waals surface area contributed by atoms with Gasteiger partial charge in [-0.15, -0.1) is 0 Å². The lowest BCUT2D eigenvalue weighted by molar-refractivity contribution is 0.0520. The number of esters is 1. The Morgan fingerprint density at radius 3 is 2.79 bits per heavy atom. The zero-order valence-electron chi connectivity index (χ0n) is 8.13. The van der Waals surface area contributed by atoms with E-state index in [1.807, 2.05) is 0 Å². The van der Waals surface area contributed by atoms with E-state index in [1.54, 1.807) is 13.8 Å². The molecule has 0 amide bonds. The Bertz CT molecular complexity index is 363. The van der Waals surface area contributed by atoms with Crippen molar-refractivity contribution in [3.63, 3.8) is 0 Å². The zero-order valence-corrected chi connectivity index (χ0v) is 8.13. The minimum atomic E-state index is -0.671. The highest BCUT2D eigenvalue weighted by atomic mass is 19.1. The molecular formula is C10H12FNO2. The van der Waals surface area contributed by atoms with Gasteiger partial charge in [-0.05, 0) is 31.5 Å². The molecule has 0 spiro atoms. The van der Waals surface area contributed by atoms with Crippen molar-refractivity contribution in [3.8, 4) is 0 Å². The van der Waals surface area contributed by atoms with Gasteiger partial charge >= 0.3 is 5.97 Å². The zero-order chi connectivity index (χ0) is 10.7. The van der Waals surface area contributed by atoms with Gasteiger partial charge in [-0.3, -0.25) is 0 Å². The van der Waals surface area contributed by atoms with Gasteiger partial charge in [0, 0.05) is 5.69 Å². The van der Waals surface area contributed by atoms with E-state index in [9.17, 15) is 9.18 Å². The first-order valence-electron chi connectivity index (χ1n) is 4.29. The normalized spacial score (nSPS) is 9.93. The Hall–Kier alpha value is -1.58. The van der Waals surface area contributed by atoms with Crippen LogP contribution in [0.3, 0.4) is 0 Å². The molecule has 4 heteroatoms. The fourth-order valence-corrected chi connectivity index (χ4v) is 1.15. The predicted molar refractivity (Wildman–Crippen MR) is 51.5 cm³/mol. The molecule has 0 aliphatic carbocycles. The minimum absolute atomic E-state index is 0.0770. The van der Waals surface area contributed by atoms with Crippen molar-refractivity contribution in [1.82, 2.24) is 0 Å². The van der Waals surface area contributed by atoms with E-state index < -0.39 is 11.8 Å². The van der Waals surface area contributed by atoms with Gasteiger partial charge in [-0.25, -0.2) is 9.18 Å². The monoisotopic (exact) mass is 197 g/mol. The van der Waals surface area contributed by atoms with Gasteiger partial charge in [0.15, 0.2) is 0 Å². The molecule has 0 bridgehead atoms. The summed E-state index contributed by atoms with van der Waals surface area (Å²) in [5.74, 6) is -1.27. The summed E-state index contributed by atoms with van der Waals surface area (Å²) in [6, 6.07) is 2.59. The van der Waals surface area contributed by atoms with Gasteiger partial charge in [0.05, 0.1) is 6.61 Å². The molecule has 0 atom stereocenters. The summed E-state index contributed by atoms with van der Waals surface area (Å²) >= 11 is 0. The molecule has 1 aromatic rings. The van der Waals surface area contributed by atoms with Crippen LogP contribution in [-0.4, -0.2) is 12.6 Å². The average Bonchev–Trinajstić information content (AvgIpc) is 2.13. The maximum atomic E-state index is 13.2. The number of nitrogen functional groups attached to an aromatic ring is 1. The first-order valence-corrected chi connectivity index (χ1v) is 4.29. The van der Waals surface area contributed by atoms with Crippen molar-refractivity contribution in [2.45, 2.75) is 13.8 Å². The predicted octanol–water partition coefficient (Wildman–Crippen LogP) is 1.89. The molecule has 0 aliphatic rings. The highest BCUT2D eigenvalue weighted by Gasteiger charge is 2.17. The molecule has 0 radical (unpaired) electrons. The quantitative estimate of drug-likeness (QED) is 0.581. The highest BCUT2D eigenvalue weighted by molar-refractivity contribution is 5.92. The van der Waals surface area contributed by atoms with Crippen LogP contribution in [0.4, 0.5) is 10.1 Å². The van der Waals surface area contributed by atoms with Crippen LogP contribution in [0, 0.1) is 12.7 Å². The van der Waals surface area contributed by atoms with Gasteiger partial charge in [0.2, 0.25) is 0 Å². The third-order valence-corrected chi connectivity index (χ3v) is 1.94. The van der Waals surface area contributed by atoms with Gasteiger partial charge in [0.1, 0.15) is 11.4 Å². The van der Waals surface area contributed by atoms with Crippen molar-refractivity contribution in [2.24, 2.45) is 0 Å². The fourth-order valence-electron chi connectivity index (χ4n) is 1.15. The van der Waals surface area contributed by atoms with Crippen LogP contribution in [0.5, 0.6) is 0 Å². The first kappa shape index (κ1) is 10.5. The number of ether oxygens (including phenoxy) is 1. The standard InChI is InChI=1S/C10H12FNO2/c1-3-14-10(13)9-6(2)8(12)5-4-7(9)11/h4-5H,3,12H2,1-2H3. The molecule has 0 heterocycles. The molecule has 3 nitrogen and oxygen atoms in total. The number of carbonyl (C=O) groups excluding carboxylic acids is 1. The summed E-state index contributed by atoms with van der Waals surface area (Å²) in [5, 5.41) is 0. The number of halogens is 1. The van der Waals surface area contributed by atoms with E-state index in [0.29, 0.717) is 11.3 Å². The number of carbonyl (C=O) groups is 1. The molecule has 2 N–H and O–H groups in total. The van der Waals surface area contributed by atoms with Crippen molar-refractivity contribution in [1.29, 1.82) is 0 Å². The lowest BCUT2D eigenvalue weighted by Crippen LogP contribution is -2.10. The van der Waals surface area contributed by atoms with Gasteiger partial charge < -0.3 is 10.5 Å². The second kappa shape index (κ2) is 4.09. The SMILES string of the molecule is CCOC(=O)c1c(F)ccc(N)c1C. The summed E-state index contributed by atoms with van der Waals surface area (Å²) in [6.07, 6.45) is 0. The molecule has 0 saturated carbocycles. The Labute approximate surface area is 81.7 Å². The second-order valence-corrected chi connectivity index (χ2v) is 2.86. The maximum Gasteiger partial charge on any atom is 0.341 e. The average molecular weight is 197 g/mol. The number of hydrogen-bond acceptors (Lipinski definition) is 3. The molecule has 0 fully saturated rings. The molecule has 14 heavy (non-hydrogen) atoms. The van der Waals surface area contributed by atoms with E-state index in [-0.39, 0.29) is 12.2 Å². The smallest absolute Gasteiger partial charge is 0.341 e. The summed E-state index contributed by atoms with van der Waals surface area (Å²) in [5.41, 5.74) is 6.28. The van der Waals surface area contributed by atoms with E-state index >= 15 is 0 Å². The number of anilines is 1. The van der Waals surface area contributed by atoms with Gasteiger partial charge in [-0.1, -0.05) is 0 Å². The van der Waals surface area contributed by atoms with Gasteiger partial charge in [-0.2, -0.15) is 0 Å². The number of benzene rings is 1. The third-order valence-electron chi connectivity index (χ3n) is 1.94. The lowest BCUT2D eigenvalue weighted by Gasteiger charge is -2.08. The second-order valence-electron chi connectivity index (χ2n) is 2.86. The summed E-state index contributed by atoms with van der Waals surface area (Å²) < 4.78 is 18.0. The number of nitrogens with two attached hydrogens (primary N) is 1. The Morgan fingerprint density at radius 2 is 2.21 bits per heavy atom. The Kier molecular flexibility index (Phi) is 3.06. The van der Waals surface area contributed by atoms with E-state index in [2.05, 4.69) is 0 Å². The Balaban J connectivity index is 3.18. The van der Waals surface area contributed by atoms with Crippen LogP contribution in [0.1, 0.15) is 22.8 Å². The van der Waals surface area contributed by atoms with Crippen LogP contribution in [-0.2, 0) is 4.74 Å². The van der Waals surface area contributed by atoms with Crippen LogP contribution in [0.25, 0.3) is 0 Å². The summed E-state index contributed by atoms with van der Waals surface area (Å²) in [6.45, 7) is 3.47. The first-order chi connectivity index (χ1) is 6.57. The van der Waals surface area contributed by atoms with Gasteiger partial charge in [0.25, 0.3) is 0 Å². The number of hydrogen-bond donors (Lipinski definition) is 1. The van der Waals surface area contributed by atoms with Crippen molar-refractivity contribution in [3.05, 3.63) is 29.1 Å². The van der Waals surface area contributed by atoms with Crippen molar-refractivity contribution in [2.75, 3.05) is 12.3 Å². The largest absolute Gasteiger partial charge is 0.462 e. The molecule has 1 aromatic carbocycles. The van der Waals surface area contributed by atoms with E-state index in [0.717, 1.165) is 6.07 Å². The molecule has 0 aliphatic heterocycles. The topological polar surface area (TPSA) is 52.3 Å². The van der Waals surface area contributed by atoms with Crippen LogP contribution in [0.2, 0.25) is 0 Å². The van der Waals surface area contributed by atoms with Crippen molar-refractivity contribution >= 4 is 11.7 Å². The molecule has 1 rings (SSSR count).